The molecule has 0 bridgehead atoms. The Balaban J connectivity index is 4.19. The van der Waals surface area contributed by atoms with Gasteiger partial charge in [-0.05, 0) is 52.2 Å². The van der Waals surface area contributed by atoms with Gasteiger partial charge in [0.1, 0.15) is 0 Å². The average Bonchev–Trinajstić information content (AvgIpc) is 2.23. The second kappa shape index (κ2) is 6.73. The van der Waals surface area contributed by atoms with Crippen LogP contribution in [0.4, 0.5) is 0 Å². The third-order valence-electron chi connectivity index (χ3n) is 3.78. The maximum atomic E-state index is 2.56. The highest BCUT2D eigenvalue weighted by Gasteiger charge is 2.27. The molecule has 2 heteroatoms. The molecular weight excluding hydrogens is 190 g/mol. The summed E-state index contributed by atoms with van der Waals surface area (Å²) in [5.74, 6) is 1.27. The molecule has 0 saturated heterocycles. The fourth-order valence-corrected chi connectivity index (χ4v) is 2.34. The van der Waals surface area contributed by atoms with Gasteiger partial charge in [-0.2, -0.15) is 11.8 Å². The molecular formula is C12H27NS. The summed E-state index contributed by atoms with van der Waals surface area (Å²) in [4.78, 5) is 2.56. The molecule has 0 aliphatic heterocycles. The van der Waals surface area contributed by atoms with Crippen molar-refractivity contribution in [2.45, 2.75) is 58.5 Å². The molecule has 0 heterocycles. The van der Waals surface area contributed by atoms with Gasteiger partial charge in [-0.1, -0.05) is 13.8 Å². The van der Waals surface area contributed by atoms with E-state index in [1.165, 1.54) is 25.0 Å². The molecule has 0 radical (unpaired) electrons. The molecule has 0 amide bonds. The van der Waals surface area contributed by atoms with E-state index >= 15 is 0 Å². The number of nitrogens with zero attached hydrogens (tertiary/aromatic N) is 1. The van der Waals surface area contributed by atoms with Crippen LogP contribution in [0, 0.1) is 0 Å². The van der Waals surface area contributed by atoms with Crippen molar-refractivity contribution in [2.75, 3.05) is 19.1 Å². The second-order valence-corrected chi connectivity index (χ2v) is 5.43. The molecule has 0 aromatic heterocycles. The predicted molar refractivity (Wildman–Crippen MR) is 69.2 cm³/mol. The van der Waals surface area contributed by atoms with Gasteiger partial charge < -0.3 is 0 Å². The quantitative estimate of drug-likeness (QED) is 0.640. The monoisotopic (exact) mass is 217 g/mol. The minimum Gasteiger partial charge on any atom is -0.298 e. The lowest BCUT2D eigenvalue weighted by Crippen LogP contribution is -2.47. The number of hydrogen-bond acceptors (Lipinski definition) is 2. The Morgan fingerprint density at radius 3 is 2.14 bits per heavy atom. The normalized spacial score (nSPS) is 14.8. The second-order valence-electron chi connectivity index (χ2n) is 4.45. The molecule has 0 aliphatic carbocycles. The Hall–Kier alpha value is 0.310. The van der Waals surface area contributed by atoms with E-state index in [1.807, 2.05) is 11.8 Å². The van der Waals surface area contributed by atoms with Crippen molar-refractivity contribution in [1.82, 2.24) is 4.90 Å². The lowest BCUT2D eigenvalue weighted by Gasteiger charge is -2.41. The molecule has 0 N–H and O–H groups in total. The number of rotatable bonds is 7. The molecule has 1 nitrogen and oxygen atoms in total. The van der Waals surface area contributed by atoms with Crippen LogP contribution in [0.2, 0.25) is 0 Å². The average molecular weight is 217 g/mol. The van der Waals surface area contributed by atoms with Gasteiger partial charge >= 0.3 is 0 Å². The molecule has 0 rings (SSSR count). The fraction of sp³-hybridized carbons (Fsp3) is 1.00. The third-order valence-corrected chi connectivity index (χ3v) is 4.42. The Morgan fingerprint density at radius 1 is 1.29 bits per heavy atom. The topological polar surface area (TPSA) is 3.24 Å². The fourth-order valence-electron chi connectivity index (χ4n) is 1.76. The molecule has 0 saturated carbocycles. The first-order valence-corrected chi connectivity index (χ1v) is 7.13. The van der Waals surface area contributed by atoms with Gasteiger partial charge in [0, 0.05) is 11.6 Å². The van der Waals surface area contributed by atoms with Crippen LogP contribution in [-0.2, 0) is 0 Å². The lowest BCUT2D eigenvalue weighted by atomic mass is 9.92. The Morgan fingerprint density at radius 2 is 1.79 bits per heavy atom. The molecule has 0 spiro atoms. The Bertz CT molecular complexity index is 143. The summed E-state index contributed by atoms with van der Waals surface area (Å²) in [6.45, 7) is 9.31. The van der Waals surface area contributed by atoms with Gasteiger partial charge in [-0.15, -0.1) is 0 Å². The van der Waals surface area contributed by atoms with E-state index in [9.17, 15) is 0 Å². The lowest BCUT2D eigenvalue weighted by molar-refractivity contribution is 0.0841. The molecule has 14 heavy (non-hydrogen) atoms. The highest BCUT2D eigenvalue weighted by atomic mass is 32.2. The first-order chi connectivity index (χ1) is 6.51. The summed E-state index contributed by atoms with van der Waals surface area (Å²) in [6, 6.07) is 0.701. The Kier molecular flexibility index (Phi) is 6.88. The minimum atomic E-state index is 0.387. The van der Waals surface area contributed by atoms with Crippen LogP contribution in [0.5, 0.6) is 0 Å². The van der Waals surface area contributed by atoms with Gasteiger partial charge in [0.15, 0.2) is 0 Å². The van der Waals surface area contributed by atoms with Crippen LogP contribution in [0.3, 0.4) is 0 Å². The minimum absolute atomic E-state index is 0.387. The van der Waals surface area contributed by atoms with Gasteiger partial charge in [0.25, 0.3) is 0 Å². The molecule has 0 fully saturated rings. The zero-order chi connectivity index (χ0) is 11.2. The van der Waals surface area contributed by atoms with E-state index in [1.54, 1.807) is 0 Å². The molecule has 86 valence electrons. The van der Waals surface area contributed by atoms with Crippen LogP contribution < -0.4 is 0 Å². The maximum Gasteiger partial charge on any atom is 0.0176 e. The van der Waals surface area contributed by atoms with Gasteiger partial charge in [0.2, 0.25) is 0 Å². The van der Waals surface area contributed by atoms with E-state index in [2.05, 4.69) is 45.9 Å². The standard InChI is InChI=1S/C12H27NS/c1-7-12(4,8-2)13(5)11(3)9-10-14-6/h11H,7-10H2,1-6H3. The molecule has 0 aromatic rings. The van der Waals surface area contributed by atoms with Crippen molar-refractivity contribution in [3.05, 3.63) is 0 Å². The molecule has 0 aliphatic rings. The van der Waals surface area contributed by atoms with E-state index in [4.69, 9.17) is 0 Å². The molecule has 0 aromatic carbocycles. The van der Waals surface area contributed by atoms with E-state index in [-0.39, 0.29) is 0 Å². The van der Waals surface area contributed by atoms with Gasteiger partial charge in [-0.25, -0.2) is 0 Å². The van der Waals surface area contributed by atoms with Crippen LogP contribution in [-0.4, -0.2) is 35.5 Å². The van der Waals surface area contributed by atoms with E-state index in [0.29, 0.717) is 11.6 Å². The van der Waals surface area contributed by atoms with Crippen LogP contribution in [0.25, 0.3) is 0 Å². The van der Waals surface area contributed by atoms with E-state index in [0.717, 1.165) is 0 Å². The summed E-state index contributed by atoms with van der Waals surface area (Å²) in [5, 5.41) is 0. The van der Waals surface area contributed by atoms with Gasteiger partial charge in [0.05, 0.1) is 0 Å². The first-order valence-electron chi connectivity index (χ1n) is 5.73. The van der Waals surface area contributed by atoms with Crippen molar-refractivity contribution in [1.29, 1.82) is 0 Å². The number of hydrogen-bond donors (Lipinski definition) is 0. The van der Waals surface area contributed by atoms with Crippen molar-refractivity contribution in [3.8, 4) is 0 Å². The van der Waals surface area contributed by atoms with Crippen molar-refractivity contribution in [2.24, 2.45) is 0 Å². The van der Waals surface area contributed by atoms with Crippen molar-refractivity contribution >= 4 is 11.8 Å². The highest BCUT2D eigenvalue weighted by molar-refractivity contribution is 7.98. The summed E-state index contributed by atoms with van der Waals surface area (Å²) in [5.41, 5.74) is 0.387. The summed E-state index contributed by atoms with van der Waals surface area (Å²) in [7, 11) is 2.28. The summed E-state index contributed by atoms with van der Waals surface area (Å²) >= 11 is 1.95. The largest absolute Gasteiger partial charge is 0.298 e. The van der Waals surface area contributed by atoms with Crippen LogP contribution in [0.1, 0.15) is 47.0 Å². The van der Waals surface area contributed by atoms with Crippen LogP contribution in [0.15, 0.2) is 0 Å². The number of thioether (sulfide) groups is 1. The predicted octanol–water partition coefficient (Wildman–Crippen LogP) is 3.64. The maximum absolute atomic E-state index is 2.56. The summed E-state index contributed by atoms with van der Waals surface area (Å²) in [6.07, 6.45) is 5.96. The zero-order valence-corrected chi connectivity index (χ0v) is 11.6. The first kappa shape index (κ1) is 14.3. The highest BCUT2D eigenvalue weighted by Crippen LogP contribution is 2.25. The molecule has 1 atom stereocenters. The third kappa shape index (κ3) is 3.82. The Labute approximate surface area is 94.6 Å². The summed E-state index contributed by atoms with van der Waals surface area (Å²) < 4.78 is 0. The van der Waals surface area contributed by atoms with Crippen molar-refractivity contribution in [3.63, 3.8) is 0 Å². The SMILES string of the molecule is CCC(C)(CC)N(C)C(C)CCSC. The molecule has 1 unspecified atom stereocenters. The van der Waals surface area contributed by atoms with Gasteiger partial charge in [-0.3, -0.25) is 4.90 Å². The van der Waals surface area contributed by atoms with Crippen molar-refractivity contribution < 1.29 is 0 Å². The smallest absolute Gasteiger partial charge is 0.0176 e. The zero-order valence-electron chi connectivity index (χ0n) is 10.8. The van der Waals surface area contributed by atoms with E-state index < -0.39 is 0 Å². The van der Waals surface area contributed by atoms with Crippen LogP contribution >= 0.6 is 11.8 Å².